The number of carbonyl (C=O) groups is 1. The highest BCUT2D eigenvalue weighted by Crippen LogP contribution is 2.17. The number of carbonyl (C=O) groups excluding carboxylic acids is 1. The van der Waals surface area contributed by atoms with Crippen molar-refractivity contribution in [3.05, 3.63) is 61.4 Å². The third-order valence-electron chi connectivity index (χ3n) is 2.85. The van der Waals surface area contributed by atoms with Gasteiger partial charge in [-0.3, -0.25) is 9.78 Å². The molecule has 0 saturated heterocycles. The molecule has 0 aliphatic rings. The van der Waals surface area contributed by atoms with E-state index in [1.165, 1.54) is 18.1 Å². The van der Waals surface area contributed by atoms with Gasteiger partial charge in [0.25, 0.3) is 0 Å². The van der Waals surface area contributed by atoms with Crippen LogP contribution in [0.25, 0.3) is 5.69 Å². The number of aromatic nitrogens is 4. The van der Waals surface area contributed by atoms with Crippen LogP contribution in [-0.2, 0) is 4.79 Å². The molecule has 2 heterocycles. The molecule has 0 aliphatic heterocycles. The van der Waals surface area contributed by atoms with Gasteiger partial charge in [0, 0.05) is 23.0 Å². The van der Waals surface area contributed by atoms with E-state index in [4.69, 9.17) is 0 Å². The van der Waals surface area contributed by atoms with Crippen molar-refractivity contribution in [3.8, 4) is 5.69 Å². The van der Waals surface area contributed by atoms with E-state index in [-0.39, 0.29) is 5.91 Å². The number of pyridine rings is 1. The molecule has 22 heavy (non-hydrogen) atoms. The number of benzene rings is 1. The van der Waals surface area contributed by atoms with Gasteiger partial charge in [0.2, 0.25) is 5.91 Å². The second-order valence-electron chi connectivity index (χ2n) is 4.41. The highest BCUT2D eigenvalue weighted by atomic mass is 32.2. The summed E-state index contributed by atoms with van der Waals surface area (Å²) in [5.74, 6) is 0.310. The summed E-state index contributed by atoms with van der Waals surface area (Å²) in [6.07, 6.45) is 6.52. The lowest BCUT2D eigenvalue weighted by molar-refractivity contribution is -0.113. The van der Waals surface area contributed by atoms with Crippen LogP contribution >= 0.6 is 11.8 Å². The van der Waals surface area contributed by atoms with Crippen molar-refractivity contribution in [1.82, 2.24) is 19.7 Å². The number of nitrogens with zero attached hydrogens (tertiary/aromatic N) is 4. The summed E-state index contributed by atoms with van der Waals surface area (Å²) in [4.78, 5) is 20.8. The minimum absolute atomic E-state index is 0.0460. The van der Waals surface area contributed by atoms with Crippen LogP contribution in [0, 0.1) is 0 Å². The van der Waals surface area contributed by atoms with Crippen LogP contribution in [0.5, 0.6) is 0 Å². The fourth-order valence-electron chi connectivity index (χ4n) is 1.82. The Labute approximate surface area is 131 Å². The first-order valence-corrected chi connectivity index (χ1v) is 7.57. The van der Waals surface area contributed by atoms with Crippen LogP contribution in [-0.4, -0.2) is 31.4 Å². The van der Waals surface area contributed by atoms with E-state index >= 15 is 0 Å². The molecule has 2 aromatic heterocycles. The van der Waals surface area contributed by atoms with Crippen LogP contribution < -0.4 is 5.32 Å². The minimum Gasteiger partial charge on any atom is -0.325 e. The molecule has 0 radical (unpaired) electrons. The highest BCUT2D eigenvalue weighted by Gasteiger charge is 2.04. The number of amides is 1. The van der Waals surface area contributed by atoms with Gasteiger partial charge in [-0.25, -0.2) is 9.67 Å². The monoisotopic (exact) mass is 311 g/mol. The topological polar surface area (TPSA) is 72.7 Å². The van der Waals surface area contributed by atoms with Crippen molar-refractivity contribution in [3.63, 3.8) is 0 Å². The van der Waals surface area contributed by atoms with Gasteiger partial charge in [-0.15, -0.1) is 11.8 Å². The first kappa shape index (κ1) is 14.3. The minimum atomic E-state index is -0.0460. The van der Waals surface area contributed by atoms with Crippen LogP contribution in [0.1, 0.15) is 0 Å². The first-order valence-electron chi connectivity index (χ1n) is 6.59. The zero-order valence-electron chi connectivity index (χ0n) is 11.6. The van der Waals surface area contributed by atoms with Gasteiger partial charge < -0.3 is 5.32 Å². The number of anilines is 1. The lowest BCUT2D eigenvalue weighted by Gasteiger charge is -2.06. The average Bonchev–Trinajstić information content (AvgIpc) is 3.09. The predicted octanol–water partition coefficient (Wildman–Crippen LogP) is 2.39. The lowest BCUT2D eigenvalue weighted by Crippen LogP contribution is -2.13. The Morgan fingerprint density at radius 1 is 1.09 bits per heavy atom. The van der Waals surface area contributed by atoms with Crippen molar-refractivity contribution in [1.29, 1.82) is 0 Å². The molecule has 0 atom stereocenters. The molecule has 1 amide bonds. The van der Waals surface area contributed by atoms with Crippen LogP contribution in [0.4, 0.5) is 5.69 Å². The van der Waals surface area contributed by atoms with E-state index < -0.39 is 0 Å². The smallest absolute Gasteiger partial charge is 0.234 e. The molecule has 1 aromatic carbocycles. The molecule has 7 heteroatoms. The molecule has 0 saturated carbocycles. The summed E-state index contributed by atoms with van der Waals surface area (Å²) in [7, 11) is 0. The number of hydrogen-bond acceptors (Lipinski definition) is 5. The van der Waals surface area contributed by atoms with Crippen molar-refractivity contribution in [2.75, 3.05) is 11.1 Å². The maximum atomic E-state index is 11.9. The van der Waals surface area contributed by atoms with Crippen molar-refractivity contribution in [2.45, 2.75) is 4.90 Å². The molecule has 3 rings (SSSR count). The number of rotatable bonds is 5. The van der Waals surface area contributed by atoms with Crippen LogP contribution in [0.15, 0.2) is 66.3 Å². The van der Waals surface area contributed by atoms with E-state index in [1.807, 2.05) is 36.4 Å². The van der Waals surface area contributed by atoms with Crippen molar-refractivity contribution < 1.29 is 4.79 Å². The Balaban J connectivity index is 1.55. The summed E-state index contributed by atoms with van der Waals surface area (Å²) in [6, 6.07) is 11.2. The molecule has 0 bridgehead atoms. The normalized spacial score (nSPS) is 10.4. The van der Waals surface area contributed by atoms with Gasteiger partial charge in [0.05, 0.1) is 11.4 Å². The van der Waals surface area contributed by atoms with Crippen LogP contribution in [0.3, 0.4) is 0 Å². The van der Waals surface area contributed by atoms with E-state index in [0.717, 1.165) is 16.3 Å². The molecular formula is C15H13N5OS. The Bertz CT molecular complexity index is 728. The Morgan fingerprint density at radius 2 is 1.86 bits per heavy atom. The highest BCUT2D eigenvalue weighted by molar-refractivity contribution is 8.00. The van der Waals surface area contributed by atoms with E-state index in [9.17, 15) is 4.79 Å². The quantitative estimate of drug-likeness (QED) is 0.732. The number of nitrogens with one attached hydrogen (secondary N) is 1. The maximum Gasteiger partial charge on any atom is 0.234 e. The summed E-state index contributed by atoms with van der Waals surface area (Å²) < 4.78 is 1.66. The predicted molar refractivity (Wildman–Crippen MR) is 84.9 cm³/mol. The van der Waals surface area contributed by atoms with E-state index in [1.54, 1.807) is 23.4 Å². The molecule has 110 valence electrons. The van der Waals surface area contributed by atoms with Crippen molar-refractivity contribution >= 4 is 23.4 Å². The number of hydrogen-bond donors (Lipinski definition) is 1. The molecule has 1 N–H and O–H groups in total. The summed E-state index contributed by atoms with van der Waals surface area (Å²) in [6.45, 7) is 0. The molecule has 0 spiro atoms. The lowest BCUT2D eigenvalue weighted by atomic mass is 10.3. The summed E-state index contributed by atoms with van der Waals surface area (Å²) >= 11 is 1.47. The third-order valence-corrected chi connectivity index (χ3v) is 3.87. The molecule has 0 aliphatic carbocycles. The van der Waals surface area contributed by atoms with Crippen LogP contribution in [0.2, 0.25) is 0 Å². The molecular weight excluding hydrogens is 298 g/mol. The van der Waals surface area contributed by atoms with E-state index in [0.29, 0.717) is 5.75 Å². The summed E-state index contributed by atoms with van der Waals surface area (Å²) in [5, 5.41) is 6.91. The Kier molecular flexibility index (Phi) is 4.45. The first-order chi connectivity index (χ1) is 10.8. The zero-order valence-corrected chi connectivity index (χ0v) is 12.4. The third kappa shape index (κ3) is 3.70. The summed E-state index contributed by atoms with van der Waals surface area (Å²) in [5.41, 5.74) is 1.64. The second kappa shape index (κ2) is 6.86. The standard InChI is InChI=1S/C15H13N5OS/c21-15(9-22-14-5-7-16-8-6-14)19-12-1-3-13(4-2-12)20-11-17-10-18-20/h1-8,10-11H,9H2,(H,19,21). The fraction of sp³-hybridized carbons (Fsp3) is 0.0667. The SMILES string of the molecule is O=C(CSc1ccncc1)Nc1ccc(-n2cncn2)cc1. The molecule has 0 unspecified atom stereocenters. The van der Waals surface area contributed by atoms with Gasteiger partial charge in [-0.05, 0) is 36.4 Å². The maximum absolute atomic E-state index is 11.9. The Hall–Kier alpha value is -2.67. The average molecular weight is 311 g/mol. The largest absolute Gasteiger partial charge is 0.325 e. The van der Waals surface area contributed by atoms with Gasteiger partial charge in [-0.1, -0.05) is 0 Å². The van der Waals surface area contributed by atoms with Gasteiger partial charge in [0.15, 0.2) is 0 Å². The van der Waals surface area contributed by atoms with Gasteiger partial charge in [0.1, 0.15) is 12.7 Å². The molecule has 3 aromatic rings. The van der Waals surface area contributed by atoms with Crippen molar-refractivity contribution in [2.24, 2.45) is 0 Å². The van der Waals surface area contributed by atoms with E-state index in [2.05, 4.69) is 20.4 Å². The number of thioether (sulfide) groups is 1. The van der Waals surface area contributed by atoms with Gasteiger partial charge >= 0.3 is 0 Å². The fourth-order valence-corrected chi connectivity index (χ4v) is 2.50. The Morgan fingerprint density at radius 3 is 2.55 bits per heavy atom. The second-order valence-corrected chi connectivity index (χ2v) is 5.46. The molecule has 0 fully saturated rings. The zero-order chi connectivity index (χ0) is 15.2. The van der Waals surface area contributed by atoms with Gasteiger partial charge in [-0.2, -0.15) is 5.10 Å². The molecule has 6 nitrogen and oxygen atoms in total.